The van der Waals surface area contributed by atoms with E-state index in [4.69, 9.17) is 0 Å². The van der Waals surface area contributed by atoms with Crippen LogP contribution in [0.4, 0.5) is 17.6 Å². The lowest BCUT2D eigenvalue weighted by atomic mass is 9.78. The minimum atomic E-state index is -0.797. The van der Waals surface area contributed by atoms with E-state index in [0.717, 1.165) is 32.1 Å². The number of aryl methyl sites for hydroxylation is 2. The molecule has 1 saturated carbocycles. The molecule has 0 atom stereocenters. The number of halogens is 4. The summed E-state index contributed by atoms with van der Waals surface area (Å²) < 4.78 is 56.9. The van der Waals surface area contributed by atoms with Crippen LogP contribution in [0.2, 0.25) is 0 Å². The van der Waals surface area contributed by atoms with E-state index in [-0.39, 0.29) is 17.4 Å². The van der Waals surface area contributed by atoms with Gasteiger partial charge in [0, 0.05) is 5.56 Å². The molecule has 1 aliphatic carbocycles. The maximum atomic E-state index is 14.4. The zero-order chi connectivity index (χ0) is 21.0. The maximum Gasteiger partial charge on any atom is 0.166 e. The Balaban J connectivity index is 1.65. The van der Waals surface area contributed by atoms with Gasteiger partial charge < -0.3 is 0 Å². The Hall–Kier alpha value is -2.10. The fourth-order valence-electron chi connectivity index (χ4n) is 4.25. The van der Waals surface area contributed by atoms with Gasteiger partial charge in [-0.05, 0) is 67.1 Å². The van der Waals surface area contributed by atoms with E-state index in [2.05, 4.69) is 0 Å². The fraction of sp³-hybridized carbons (Fsp3) is 0.440. The first-order valence-corrected chi connectivity index (χ1v) is 10.6. The highest BCUT2D eigenvalue weighted by Crippen LogP contribution is 2.38. The van der Waals surface area contributed by atoms with Crippen LogP contribution in [0.5, 0.6) is 0 Å². The van der Waals surface area contributed by atoms with Crippen LogP contribution in [0.3, 0.4) is 0 Å². The Morgan fingerprint density at radius 1 is 0.793 bits per heavy atom. The average Bonchev–Trinajstić information content (AvgIpc) is 2.73. The highest BCUT2D eigenvalue weighted by Gasteiger charge is 2.25. The van der Waals surface area contributed by atoms with Gasteiger partial charge in [-0.25, -0.2) is 17.6 Å². The zero-order valence-corrected chi connectivity index (χ0v) is 17.1. The molecule has 0 saturated heterocycles. The molecule has 1 aliphatic rings. The second-order valence-electron chi connectivity index (χ2n) is 7.96. The standard InChI is InChI=1S/C25H28F4/c1-3-5-19-12-13-20(24(28)23(19)27)11-8-16-6-9-18(10-7-16)21-15-14-17(4-2)22(26)25(21)29/h8,11-16,18H,3-7,9-10H2,1-2H3/b11-8+. The van der Waals surface area contributed by atoms with Crippen LogP contribution in [0.25, 0.3) is 6.08 Å². The molecule has 0 amide bonds. The van der Waals surface area contributed by atoms with E-state index in [0.29, 0.717) is 29.5 Å². The van der Waals surface area contributed by atoms with Crippen LogP contribution < -0.4 is 0 Å². The van der Waals surface area contributed by atoms with Crippen LogP contribution in [-0.2, 0) is 12.8 Å². The van der Waals surface area contributed by atoms with Crippen LogP contribution in [0, 0.1) is 29.2 Å². The molecule has 0 N–H and O–H groups in total. The summed E-state index contributed by atoms with van der Waals surface area (Å²) in [5.74, 6) is -2.77. The van der Waals surface area contributed by atoms with Crippen molar-refractivity contribution in [1.82, 2.24) is 0 Å². The van der Waals surface area contributed by atoms with Gasteiger partial charge in [-0.3, -0.25) is 0 Å². The number of benzene rings is 2. The normalized spacial score (nSPS) is 19.8. The predicted octanol–water partition coefficient (Wildman–Crippen LogP) is 7.75. The summed E-state index contributed by atoms with van der Waals surface area (Å²) >= 11 is 0. The number of hydrogen-bond donors (Lipinski definition) is 0. The van der Waals surface area contributed by atoms with E-state index in [1.54, 1.807) is 37.3 Å². The molecular formula is C25H28F4. The molecule has 0 unspecified atom stereocenters. The van der Waals surface area contributed by atoms with Crippen molar-refractivity contribution in [2.45, 2.75) is 64.7 Å². The Labute approximate surface area is 170 Å². The largest absolute Gasteiger partial charge is 0.203 e. The predicted molar refractivity (Wildman–Crippen MR) is 110 cm³/mol. The summed E-state index contributed by atoms with van der Waals surface area (Å²) in [7, 11) is 0. The number of allylic oxidation sites excluding steroid dienone is 1. The molecule has 0 aromatic heterocycles. The summed E-state index contributed by atoms with van der Waals surface area (Å²) in [6.45, 7) is 3.74. The molecular weight excluding hydrogens is 376 g/mol. The van der Waals surface area contributed by atoms with E-state index in [1.807, 2.05) is 13.0 Å². The zero-order valence-electron chi connectivity index (χ0n) is 17.1. The summed E-state index contributed by atoms with van der Waals surface area (Å²) in [6, 6.07) is 6.67. The Morgan fingerprint density at radius 3 is 2.10 bits per heavy atom. The first-order chi connectivity index (χ1) is 14.0. The van der Waals surface area contributed by atoms with Crippen molar-refractivity contribution >= 4 is 6.08 Å². The van der Waals surface area contributed by atoms with E-state index >= 15 is 0 Å². The lowest BCUT2D eigenvalue weighted by molar-refractivity contribution is 0.364. The second-order valence-corrected chi connectivity index (χ2v) is 7.96. The van der Waals surface area contributed by atoms with Crippen molar-refractivity contribution in [1.29, 1.82) is 0 Å². The van der Waals surface area contributed by atoms with Crippen LogP contribution in [0.15, 0.2) is 30.3 Å². The molecule has 0 nitrogen and oxygen atoms in total. The van der Waals surface area contributed by atoms with Gasteiger partial charge in [0.25, 0.3) is 0 Å². The van der Waals surface area contributed by atoms with Gasteiger partial charge in [0.15, 0.2) is 23.3 Å². The molecule has 2 aromatic carbocycles. The average molecular weight is 404 g/mol. The molecule has 0 heterocycles. The topological polar surface area (TPSA) is 0 Å². The van der Waals surface area contributed by atoms with Gasteiger partial charge in [-0.2, -0.15) is 0 Å². The SMILES string of the molecule is CCCc1ccc(/C=C/C2CCC(c3ccc(CC)c(F)c3F)CC2)c(F)c1F. The van der Waals surface area contributed by atoms with Crippen molar-refractivity contribution in [3.05, 3.63) is 75.9 Å². The Bertz CT molecular complexity index is 877. The Kier molecular flexibility index (Phi) is 7.15. The van der Waals surface area contributed by atoms with E-state index in [1.165, 1.54) is 0 Å². The van der Waals surface area contributed by atoms with E-state index < -0.39 is 23.3 Å². The van der Waals surface area contributed by atoms with Gasteiger partial charge in [0.2, 0.25) is 0 Å². The van der Waals surface area contributed by atoms with Gasteiger partial charge >= 0.3 is 0 Å². The minimum Gasteiger partial charge on any atom is -0.203 e. The molecule has 156 valence electrons. The molecule has 0 aliphatic heterocycles. The number of rotatable bonds is 6. The lowest BCUT2D eigenvalue weighted by Crippen LogP contribution is -2.14. The molecule has 3 rings (SSSR count). The van der Waals surface area contributed by atoms with Crippen molar-refractivity contribution in [3.63, 3.8) is 0 Å². The molecule has 29 heavy (non-hydrogen) atoms. The monoisotopic (exact) mass is 404 g/mol. The third-order valence-corrected chi connectivity index (χ3v) is 6.04. The molecule has 0 bridgehead atoms. The molecule has 0 spiro atoms. The van der Waals surface area contributed by atoms with E-state index in [9.17, 15) is 17.6 Å². The van der Waals surface area contributed by atoms with Gasteiger partial charge in [0.1, 0.15) is 0 Å². The smallest absolute Gasteiger partial charge is 0.166 e. The third kappa shape index (κ3) is 4.73. The molecule has 0 radical (unpaired) electrons. The highest BCUT2D eigenvalue weighted by molar-refractivity contribution is 5.51. The minimum absolute atomic E-state index is 0.00237. The summed E-state index contributed by atoms with van der Waals surface area (Å²) in [5.41, 5.74) is 1.53. The fourth-order valence-corrected chi connectivity index (χ4v) is 4.25. The second kappa shape index (κ2) is 9.60. The summed E-state index contributed by atoms with van der Waals surface area (Å²) in [4.78, 5) is 0. The van der Waals surface area contributed by atoms with Crippen LogP contribution >= 0.6 is 0 Å². The lowest BCUT2D eigenvalue weighted by Gasteiger charge is -2.27. The van der Waals surface area contributed by atoms with Gasteiger partial charge in [-0.1, -0.05) is 56.7 Å². The quantitative estimate of drug-likeness (QED) is 0.432. The molecule has 2 aromatic rings. The Morgan fingerprint density at radius 2 is 1.45 bits per heavy atom. The van der Waals surface area contributed by atoms with Crippen molar-refractivity contribution in [2.24, 2.45) is 5.92 Å². The van der Waals surface area contributed by atoms with Crippen LogP contribution in [0.1, 0.15) is 74.1 Å². The summed E-state index contributed by atoms with van der Waals surface area (Å²) in [5, 5.41) is 0. The van der Waals surface area contributed by atoms with Crippen LogP contribution in [-0.4, -0.2) is 0 Å². The number of hydrogen-bond acceptors (Lipinski definition) is 0. The van der Waals surface area contributed by atoms with Gasteiger partial charge in [0.05, 0.1) is 0 Å². The van der Waals surface area contributed by atoms with Crippen molar-refractivity contribution in [2.75, 3.05) is 0 Å². The molecule has 1 fully saturated rings. The van der Waals surface area contributed by atoms with Crippen molar-refractivity contribution in [3.8, 4) is 0 Å². The third-order valence-electron chi connectivity index (χ3n) is 6.04. The van der Waals surface area contributed by atoms with Crippen molar-refractivity contribution < 1.29 is 17.6 Å². The van der Waals surface area contributed by atoms with Gasteiger partial charge in [-0.15, -0.1) is 0 Å². The first-order valence-electron chi connectivity index (χ1n) is 10.6. The maximum absolute atomic E-state index is 14.4. The highest BCUT2D eigenvalue weighted by atomic mass is 19.2. The first kappa shape index (κ1) is 21.6. The summed E-state index contributed by atoms with van der Waals surface area (Å²) in [6.07, 6.45) is 8.46. The molecule has 4 heteroatoms.